The smallest absolute Gasteiger partial charge is 0.314 e. The van der Waals surface area contributed by atoms with Crippen LogP contribution in [0.4, 0.5) is 0 Å². The highest BCUT2D eigenvalue weighted by Gasteiger charge is 2.39. The Labute approximate surface area is 173 Å². The summed E-state index contributed by atoms with van der Waals surface area (Å²) in [6, 6.07) is 13.7. The maximum Gasteiger partial charge on any atom is 0.314 e. The molecule has 0 saturated heterocycles. The van der Waals surface area contributed by atoms with Crippen LogP contribution < -0.4 is 9.47 Å². The maximum atomic E-state index is 12.4. The molecule has 2 aromatic rings. The Morgan fingerprint density at radius 1 is 1.17 bits per heavy atom. The third-order valence-electron chi connectivity index (χ3n) is 5.87. The molecule has 0 radical (unpaired) electrons. The van der Waals surface area contributed by atoms with E-state index in [9.17, 15) is 9.90 Å². The van der Waals surface area contributed by atoms with Crippen molar-refractivity contribution in [3.05, 3.63) is 48.0 Å². The van der Waals surface area contributed by atoms with Crippen molar-refractivity contribution in [3.8, 4) is 22.6 Å². The molecule has 1 unspecified atom stereocenters. The predicted octanol–water partition coefficient (Wildman–Crippen LogP) is 5.93. The summed E-state index contributed by atoms with van der Waals surface area (Å²) in [4.78, 5) is 12.4. The Morgan fingerprint density at radius 2 is 1.86 bits per heavy atom. The Bertz CT molecular complexity index is 836. The summed E-state index contributed by atoms with van der Waals surface area (Å²) in [6.45, 7) is 6.82. The lowest BCUT2D eigenvalue weighted by Crippen LogP contribution is -2.36. The topological polar surface area (TPSA) is 55.8 Å². The minimum Gasteiger partial charge on any atom is -0.497 e. The number of hydrogen-bond donors (Lipinski definition) is 1. The second kappa shape index (κ2) is 8.89. The van der Waals surface area contributed by atoms with Gasteiger partial charge in [-0.2, -0.15) is 0 Å². The van der Waals surface area contributed by atoms with Gasteiger partial charge in [-0.3, -0.25) is 4.79 Å². The lowest BCUT2D eigenvalue weighted by Gasteiger charge is -2.31. The van der Waals surface area contributed by atoms with E-state index in [1.807, 2.05) is 49.4 Å². The van der Waals surface area contributed by atoms with E-state index in [1.165, 1.54) is 12.8 Å². The Morgan fingerprint density at radius 3 is 2.38 bits per heavy atom. The second-order valence-corrected chi connectivity index (χ2v) is 8.53. The molecule has 1 aliphatic carbocycles. The fourth-order valence-corrected chi connectivity index (χ4v) is 3.97. The molecule has 1 N–H and O–H groups in total. The second-order valence-electron chi connectivity index (χ2n) is 8.53. The average Bonchev–Trinajstić information content (AvgIpc) is 3.54. The molecule has 1 saturated carbocycles. The minimum absolute atomic E-state index is 0.279. The number of carbonyl (C=O) groups is 1. The van der Waals surface area contributed by atoms with Crippen LogP contribution >= 0.6 is 0 Å². The largest absolute Gasteiger partial charge is 0.497 e. The number of rotatable bonds is 10. The fraction of sp³-hybridized carbons (Fsp3) is 0.480. The van der Waals surface area contributed by atoms with Gasteiger partial charge in [0.1, 0.15) is 11.5 Å². The van der Waals surface area contributed by atoms with Crippen LogP contribution in [0, 0.1) is 11.8 Å². The lowest BCUT2D eigenvalue weighted by molar-refractivity contribution is -0.144. The minimum atomic E-state index is -0.898. The van der Waals surface area contributed by atoms with Gasteiger partial charge in [0.2, 0.25) is 0 Å². The van der Waals surface area contributed by atoms with E-state index in [2.05, 4.69) is 13.8 Å². The molecular formula is C25H32O4. The van der Waals surface area contributed by atoms with Gasteiger partial charge in [-0.25, -0.2) is 0 Å². The first-order valence-corrected chi connectivity index (χ1v) is 10.5. The molecule has 0 heterocycles. The highest BCUT2D eigenvalue weighted by molar-refractivity contribution is 5.83. The van der Waals surface area contributed by atoms with Crippen molar-refractivity contribution in [3.63, 3.8) is 0 Å². The van der Waals surface area contributed by atoms with Crippen LogP contribution in [-0.4, -0.2) is 24.8 Å². The molecule has 0 aromatic heterocycles. The van der Waals surface area contributed by atoms with Gasteiger partial charge < -0.3 is 14.6 Å². The molecule has 0 aliphatic heterocycles. The zero-order valence-electron chi connectivity index (χ0n) is 17.9. The first-order chi connectivity index (χ1) is 13.9. The van der Waals surface area contributed by atoms with Crippen molar-refractivity contribution in [2.75, 3.05) is 13.7 Å². The van der Waals surface area contributed by atoms with Crippen molar-refractivity contribution < 1.29 is 19.4 Å². The van der Waals surface area contributed by atoms with Gasteiger partial charge >= 0.3 is 5.97 Å². The van der Waals surface area contributed by atoms with Gasteiger partial charge in [-0.1, -0.05) is 39.0 Å². The number of carboxylic acid groups (broad SMARTS) is 1. The van der Waals surface area contributed by atoms with Crippen molar-refractivity contribution in [2.45, 2.75) is 51.9 Å². The van der Waals surface area contributed by atoms with Gasteiger partial charge in [0, 0.05) is 5.56 Å². The van der Waals surface area contributed by atoms with Crippen LogP contribution in [-0.2, 0) is 10.2 Å². The predicted molar refractivity (Wildman–Crippen MR) is 116 cm³/mol. The van der Waals surface area contributed by atoms with E-state index in [0.29, 0.717) is 25.4 Å². The zero-order valence-corrected chi connectivity index (χ0v) is 17.9. The molecule has 1 fully saturated rings. The average molecular weight is 397 g/mol. The first-order valence-electron chi connectivity index (χ1n) is 10.5. The summed E-state index contributed by atoms with van der Waals surface area (Å²) in [6.07, 6.45) is 3.60. The van der Waals surface area contributed by atoms with E-state index < -0.39 is 11.4 Å². The summed E-state index contributed by atoms with van der Waals surface area (Å²) in [5.74, 6) is 1.76. The zero-order chi connectivity index (χ0) is 21.0. The molecule has 0 amide bonds. The van der Waals surface area contributed by atoms with Gasteiger partial charge in [0.05, 0.1) is 19.1 Å². The van der Waals surface area contributed by atoms with Crippen molar-refractivity contribution >= 4 is 5.97 Å². The maximum absolute atomic E-state index is 12.4. The standard InChI is InChI=1S/C25H32O4/c1-5-25(24(26)27,15-17(2)3)20-10-13-23(29-16-18-6-7-18)22(14-20)19-8-11-21(28-4)12-9-19/h8-14,17-18H,5-7,15-16H2,1-4H3,(H,26,27). The lowest BCUT2D eigenvalue weighted by atomic mass is 9.72. The van der Waals surface area contributed by atoms with E-state index in [1.54, 1.807) is 7.11 Å². The summed E-state index contributed by atoms with van der Waals surface area (Å²) in [5, 5.41) is 10.2. The van der Waals surface area contributed by atoms with Gasteiger partial charge in [0.25, 0.3) is 0 Å². The molecule has 0 spiro atoms. The Balaban J connectivity index is 2.07. The molecule has 29 heavy (non-hydrogen) atoms. The summed E-state index contributed by atoms with van der Waals surface area (Å²) in [7, 11) is 1.65. The van der Waals surface area contributed by atoms with E-state index >= 15 is 0 Å². The fourth-order valence-electron chi connectivity index (χ4n) is 3.97. The van der Waals surface area contributed by atoms with Gasteiger partial charge in [-0.15, -0.1) is 0 Å². The quantitative estimate of drug-likeness (QED) is 0.541. The number of methoxy groups -OCH3 is 1. The summed E-state index contributed by atoms with van der Waals surface area (Å²) < 4.78 is 11.4. The Kier molecular flexibility index (Phi) is 6.51. The number of benzene rings is 2. The van der Waals surface area contributed by atoms with Crippen LogP contribution in [0.1, 0.15) is 52.0 Å². The normalized spacial score (nSPS) is 15.8. The van der Waals surface area contributed by atoms with Crippen molar-refractivity contribution in [1.29, 1.82) is 0 Å². The van der Waals surface area contributed by atoms with Crippen molar-refractivity contribution in [2.24, 2.45) is 11.8 Å². The highest BCUT2D eigenvalue weighted by atomic mass is 16.5. The molecule has 4 nitrogen and oxygen atoms in total. The molecule has 1 atom stereocenters. The van der Waals surface area contributed by atoms with Crippen LogP contribution in [0.5, 0.6) is 11.5 Å². The molecular weight excluding hydrogens is 364 g/mol. The summed E-state index contributed by atoms with van der Waals surface area (Å²) in [5.41, 5.74) is 1.88. The van der Waals surface area contributed by atoms with Gasteiger partial charge in [0.15, 0.2) is 0 Å². The van der Waals surface area contributed by atoms with Crippen LogP contribution in [0.25, 0.3) is 11.1 Å². The highest BCUT2D eigenvalue weighted by Crippen LogP contribution is 2.41. The molecule has 2 aromatic carbocycles. The number of aliphatic carboxylic acids is 1. The number of carboxylic acids is 1. The molecule has 4 heteroatoms. The van der Waals surface area contributed by atoms with E-state index in [4.69, 9.17) is 9.47 Å². The first kappa shape index (κ1) is 21.2. The van der Waals surface area contributed by atoms with Gasteiger partial charge in [-0.05, 0) is 72.9 Å². The van der Waals surface area contributed by atoms with Crippen LogP contribution in [0.15, 0.2) is 42.5 Å². The van der Waals surface area contributed by atoms with Crippen LogP contribution in [0.2, 0.25) is 0 Å². The number of ether oxygens (including phenoxy) is 2. The Hall–Kier alpha value is -2.49. The van der Waals surface area contributed by atoms with E-state index in [0.717, 1.165) is 28.2 Å². The third kappa shape index (κ3) is 4.75. The monoisotopic (exact) mass is 396 g/mol. The molecule has 1 aliphatic rings. The van der Waals surface area contributed by atoms with Crippen LogP contribution in [0.3, 0.4) is 0 Å². The molecule has 0 bridgehead atoms. The third-order valence-corrected chi connectivity index (χ3v) is 5.87. The van der Waals surface area contributed by atoms with E-state index in [-0.39, 0.29) is 5.92 Å². The van der Waals surface area contributed by atoms with Crippen molar-refractivity contribution in [1.82, 2.24) is 0 Å². The molecule has 3 rings (SSSR count). The number of hydrogen-bond acceptors (Lipinski definition) is 3. The SMILES string of the molecule is CCC(CC(C)C)(C(=O)O)c1ccc(OCC2CC2)c(-c2ccc(OC)cc2)c1. The molecule has 156 valence electrons. The summed E-state index contributed by atoms with van der Waals surface area (Å²) >= 11 is 0.